The van der Waals surface area contributed by atoms with E-state index in [9.17, 15) is 0 Å². The van der Waals surface area contributed by atoms with Gasteiger partial charge in [0.1, 0.15) is 11.2 Å². The molecule has 0 heterocycles. The molecule has 29 heavy (non-hydrogen) atoms. The molecule has 0 saturated carbocycles. The number of hydrogen-bond donors (Lipinski definition) is 0. The molecule has 2 aromatic rings. The largest absolute Gasteiger partial charge is 0.251 e. The zero-order valence-electron chi connectivity index (χ0n) is 18.3. The van der Waals surface area contributed by atoms with E-state index < -0.39 is 0 Å². The molecule has 0 amide bonds. The van der Waals surface area contributed by atoms with Crippen LogP contribution in [0.3, 0.4) is 0 Å². The van der Waals surface area contributed by atoms with E-state index >= 15 is 0 Å². The molecule has 6 nitrogen and oxygen atoms in total. The number of rotatable bonds is 3. The normalized spacial score (nSPS) is 10.8. The van der Waals surface area contributed by atoms with Crippen LogP contribution < -0.4 is 11.2 Å². The third kappa shape index (κ3) is 8.18. The number of benzene rings is 2. The van der Waals surface area contributed by atoms with Crippen LogP contribution in [0.4, 0.5) is 11.4 Å². The first-order chi connectivity index (χ1) is 13.2. The third-order valence-electron chi connectivity index (χ3n) is 4.35. The molecule has 0 bridgehead atoms. The molecule has 0 spiro atoms. The number of nitrogens with zero attached hydrogens (tertiary/aromatic N) is 4. The number of aliphatic imine (C=N–C) groups is 2. The molecule has 0 saturated heterocycles. The van der Waals surface area contributed by atoms with Crippen molar-refractivity contribution >= 4 is 22.8 Å². The summed E-state index contributed by atoms with van der Waals surface area (Å²) in [5.74, 6) is 0. The fourth-order valence-electron chi connectivity index (χ4n) is 3.19. The van der Waals surface area contributed by atoms with Crippen LogP contribution in [0.2, 0.25) is 0 Å². The van der Waals surface area contributed by atoms with Gasteiger partial charge in [0.2, 0.25) is 0 Å². The Bertz CT molecular complexity index is 773. The first-order valence-corrected chi connectivity index (χ1v) is 8.82. The summed E-state index contributed by atoms with van der Waals surface area (Å²) in [7, 11) is 0. The van der Waals surface area contributed by atoms with Crippen LogP contribution in [0.5, 0.6) is 0 Å². The van der Waals surface area contributed by atoms with E-state index in [-0.39, 0.29) is 17.1 Å². The predicted octanol–water partition coefficient (Wildman–Crippen LogP) is 5.53. The molecular weight excluding hydrogens is 408 g/mol. The van der Waals surface area contributed by atoms with Gasteiger partial charge < -0.3 is 0 Å². The van der Waals surface area contributed by atoms with Crippen LogP contribution in [0.1, 0.15) is 47.2 Å². The second-order valence-electron chi connectivity index (χ2n) is 6.89. The first kappa shape index (κ1) is 28.7. The van der Waals surface area contributed by atoms with Crippen LogP contribution in [-0.2, 0) is 17.1 Å². The zero-order chi connectivity index (χ0) is 22.0. The van der Waals surface area contributed by atoms with Gasteiger partial charge in [0.15, 0.2) is 0 Å². The van der Waals surface area contributed by atoms with Crippen LogP contribution in [0, 0.1) is 51.4 Å². The molecule has 7 heteroatoms. The van der Waals surface area contributed by atoms with Crippen LogP contribution in [0.25, 0.3) is 0 Å². The Balaban J connectivity index is 0. The summed E-state index contributed by atoms with van der Waals surface area (Å²) in [4.78, 5) is 24.2. The summed E-state index contributed by atoms with van der Waals surface area (Å²) in [5, 5.41) is 0. The molecule has 2 radical (unpaired) electrons. The van der Waals surface area contributed by atoms with Gasteiger partial charge in [-0.25, -0.2) is 0 Å². The number of hydrogen-bond acceptors (Lipinski definition) is 4. The Morgan fingerprint density at radius 2 is 0.793 bits per heavy atom. The zero-order valence-corrected chi connectivity index (χ0v) is 19.4. The van der Waals surface area contributed by atoms with E-state index in [1.807, 2.05) is 13.8 Å². The minimum absolute atomic E-state index is 0. The molecule has 156 valence electrons. The van der Waals surface area contributed by atoms with Gasteiger partial charge in [-0.3, -0.25) is 9.98 Å². The fraction of sp³-hybridized carbons (Fsp3) is 0.364. The summed E-state index contributed by atoms with van der Waals surface area (Å²) >= 11 is 0. The van der Waals surface area contributed by atoms with Crippen molar-refractivity contribution < 1.29 is 17.1 Å². The summed E-state index contributed by atoms with van der Waals surface area (Å²) in [6.45, 7) is 16.8. The molecule has 2 aromatic carbocycles. The quantitative estimate of drug-likeness (QED) is 0.467. The molecule has 0 aliphatic carbocycles. The summed E-state index contributed by atoms with van der Waals surface area (Å²) in [6.07, 6.45) is 0. The molecule has 2 rings (SSSR count). The van der Waals surface area contributed by atoms with Gasteiger partial charge in [0, 0.05) is 17.1 Å². The van der Waals surface area contributed by atoms with Gasteiger partial charge in [-0.15, -0.1) is 9.81 Å². The van der Waals surface area contributed by atoms with Gasteiger partial charge in [-0.2, -0.15) is 0 Å². The predicted molar refractivity (Wildman–Crippen MR) is 118 cm³/mol. The summed E-state index contributed by atoms with van der Waals surface area (Å²) in [5.41, 5.74) is 22.9. The van der Waals surface area contributed by atoms with Gasteiger partial charge in [-0.1, -0.05) is 35.4 Å². The Morgan fingerprint density at radius 3 is 1.00 bits per heavy atom. The third-order valence-corrected chi connectivity index (χ3v) is 4.35. The van der Waals surface area contributed by atoms with E-state index in [1.165, 1.54) is 33.4 Å². The smallest absolute Gasteiger partial charge is 0.120 e. The number of aryl methyl sites for hydroxylation is 6. The molecular formula is C22H28FeN4O2. The van der Waals surface area contributed by atoms with E-state index in [4.69, 9.17) is 31.0 Å². The van der Waals surface area contributed by atoms with Gasteiger partial charge in [0.05, 0.1) is 22.8 Å². The average molecular weight is 436 g/mol. The van der Waals surface area contributed by atoms with Crippen molar-refractivity contribution in [2.24, 2.45) is 9.98 Å². The van der Waals surface area contributed by atoms with Crippen molar-refractivity contribution in [3.8, 4) is 0 Å². The minimum atomic E-state index is 0. The first-order valence-electron chi connectivity index (χ1n) is 8.82. The maximum absolute atomic E-state index is 7.25. The molecule has 0 aliphatic heterocycles. The average Bonchev–Trinajstić information content (AvgIpc) is 2.64. The van der Waals surface area contributed by atoms with Crippen molar-refractivity contribution in [3.63, 3.8) is 0 Å². The summed E-state index contributed by atoms with van der Waals surface area (Å²) in [6, 6.07) is 8.72. The van der Waals surface area contributed by atoms with E-state index in [1.54, 1.807) is 0 Å². The molecule has 0 fully saturated rings. The van der Waals surface area contributed by atoms with Gasteiger partial charge >= 0.3 is 0 Å². The van der Waals surface area contributed by atoms with E-state index in [0.717, 1.165) is 22.8 Å². The second kappa shape index (κ2) is 13.6. The minimum Gasteiger partial charge on any atom is -0.251 e. The molecule has 0 aromatic heterocycles. The standard InChI is InChI=1S/C22H28N2.Fe.2NO/c1-13-9-15(3)21(16(4)10-13)23-19(7)20(8)24-22-17(5)11-14(2)12-18(22)6;;2*1-2/h9-12H,1-8H3;;;. The second-order valence-corrected chi connectivity index (χ2v) is 6.89. The summed E-state index contributed by atoms with van der Waals surface area (Å²) < 4.78 is 0. The van der Waals surface area contributed by atoms with Gasteiger partial charge in [0.25, 0.3) is 0 Å². The topological polar surface area (TPSA) is 103 Å². The fourth-order valence-corrected chi connectivity index (χ4v) is 3.19. The molecule has 0 atom stereocenters. The van der Waals surface area contributed by atoms with Crippen molar-refractivity contribution in [1.82, 2.24) is 11.2 Å². The van der Waals surface area contributed by atoms with Gasteiger partial charge in [-0.05, 0) is 77.6 Å². The monoisotopic (exact) mass is 436 g/mol. The Hall–Kier alpha value is -2.50. The van der Waals surface area contributed by atoms with Crippen molar-refractivity contribution in [3.05, 3.63) is 67.5 Å². The molecule has 0 unspecified atom stereocenters. The van der Waals surface area contributed by atoms with Crippen molar-refractivity contribution in [2.45, 2.75) is 55.4 Å². The van der Waals surface area contributed by atoms with Crippen LogP contribution >= 0.6 is 0 Å². The van der Waals surface area contributed by atoms with Crippen molar-refractivity contribution in [2.75, 3.05) is 0 Å². The van der Waals surface area contributed by atoms with E-state index in [2.05, 4.69) is 65.8 Å². The SMILES string of the molecule is CC(=Nc1c(C)cc(C)cc1C)C(C)=Nc1c(C)cc(C)cc1C.[Fe].[N]=O.[N]=O. The van der Waals surface area contributed by atoms with Crippen molar-refractivity contribution in [1.29, 1.82) is 0 Å². The number of nitroso groups, excluding NO2 is 2. The maximum atomic E-state index is 7.25. The maximum Gasteiger partial charge on any atom is 0.120 e. The van der Waals surface area contributed by atoms with Crippen LogP contribution in [0.15, 0.2) is 34.3 Å². The van der Waals surface area contributed by atoms with Crippen LogP contribution in [-0.4, -0.2) is 11.4 Å². The molecule has 0 aliphatic rings. The Morgan fingerprint density at radius 1 is 0.586 bits per heavy atom. The Labute approximate surface area is 184 Å². The van der Waals surface area contributed by atoms with E-state index in [0.29, 0.717) is 0 Å². The Kier molecular flexibility index (Phi) is 13.5. The molecule has 0 N–H and O–H groups in total.